The third kappa shape index (κ3) is 2.09. The van der Waals surface area contributed by atoms with Crippen LogP contribution in [-0.4, -0.2) is 36.4 Å². The molecule has 1 aromatic rings. The number of nitrogens with zero attached hydrogens (tertiary/aromatic N) is 1. The molecule has 7 N–H and O–H groups in total. The number of nitrogens with two attached hydrogens (primary N) is 3. The van der Waals surface area contributed by atoms with Crippen molar-refractivity contribution in [3.05, 3.63) is 23.8 Å². The molecule has 5 heteroatoms. The molecule has 0 bridgehead atoms. The summed E-state index contributed by atoms with van der Waals surface area (Å²) in [5.41, 5.74) is 20.2. The first kappa shape index (κ1) is 12.2. The first-order valence-electron chi connectivity index (χ1n) is 5.81. The predicted octanol–water partition coefficient (Wildman–Crippen LogP) is -0.587. The van der Waals surface area contributed by atoms with Gasteiger partial charge in [0.15, 0.2) is 0 Å². The second kappa shape index (κ2) is 4.52. The maximum atomic E-state index is 9.94. The largest absolute Gasteiger partial charge is 0.399 e. The van der Waals surface area contributed by atoms with Crippen molar-refractivity contribution < 1.29 is 5.11 Å². The molecule has 1 aliphatic heterocycles. The van der Waals surface area contributed by atoms with E-state index in [1.165, 1.54) is 0 Å². The molecule has 3 atom stereocenters. The van der Waals surface area contributed by atoms with Crippen molar-refractivity contribution in [2.45, 2.75) is 25.1 Å². The van der Waals surface area contributed by atoms with Crippen molar-refractivity contribution >= 4 is 11.4 Å². The number of aliphatic hydroxyl groups excluding tert-OH is 1. The summed E-state index contributed by atoms with van der Waals surface area (Å²) in [5, 5.41) is 9.94. The molecule has 0 aromatic heterocycles. The highest BCUT2D eigenvalue weighted by molar-refractivity contribution is 5.59. The highest BCUT2D eigenvalue weighted by Gasteiger charge is 2.37. The van der Waals surface area contributed by atoms with Crippen molar-refractivity contribution in [2.75, 3.05) is 23.7 Å². The molecule has 1 aliphatic rings. The Hall–Kier alpha value is -1.30. The minimum absolute atomic E-state index is 0.118. The van der Waals surface area contributed by atoms with E-state index in [1.807, 2.05) is 25.1 Å². The number of hydrogen-bond acceptors (Lipinski definition) is 5. The lowest BCUT2D eigenvalue weighted by molar-refractivity contribution is 0.151. The van der Waals surface area contributed by atoms with E-state index in [-0.39, 0.29) is 12.1 Å². The summed E-state index contributed by atoms with van der Waals surface area (Å²) in [5.74, 6) is 0. The van der Waals surface area contributed by atoms with Gasteiger partial charge in [0, 0.05) is 24.5 Å². The smallest absolute Gasteiger partial charge is 0.0923 e. The molecule has 0 aliphatic carbocycles. The summed E-state index contributed by atoms with van der Waals surface area (Å²) in [4.78, 5) is 2.06. The van der Waals surface area contributed by atoms with Crippen LogP contribution in [0.5, 0.6) is 0 Å². The quantitative estimate of drug-likeness (QED) is 0.514. The zero-order chi connectivity index (χ0) is 12.6. The Balaban J connectivity index is 2.30. The highest BCUT2D eigenvalue weighted by atomic mass is 16.3. The fourth-order valence-electron chi connectivity index (χ4n) is 2.34. The lowest BCUT2D eigenvalue weighted by atomic mass is 10.1. The molecule has 1 fully saturated rings. The van der Waals surface area contributed by atoms with Gasteiger partial charge in [-0.2, -0.15) is 0 Å². The molecular formula is C12H20N4O. The molecule has 94 valence electrons. The van der Waals surface area contributed by atoms with Crippen LogP contribution >= 0.6 is 0 Å². The van der Waals surface area contributed by atoms with Gasteiger partial charge in [-0.15, -0.1) is 0 Å². The monoisotopic (exact) mass is 236 g/mol. The Morgan fingerprint density at radius 2 is 2.18 bits per heavy atom. The van der Waals surface area contributed by atoms with Crippen molar-refractivity contribution in [2.24, 2.45) is 11.5 Å². The van der Waals surface area contributed by atoms with Gasteiger partial charge in [0.25, 0.3) is 0 Å². The molecule has 0 amide bonds. The number of nitrogen functional groups attached to an aromatic ring is 1. The van der Waals surface area contributed by atoms with Crippen LogP contribution in [0.15, 0.2) is 18.2 Å². The lowest BCUT2D eigenvalue weighted by Gasteiger charge is -2.27. The molecule has 3 unspecified atom stereocenters. The van der Waals surface area contributed by atoms with Gasteiger partial charge >= 0.3 is 0 Å². The van der Waals surface area contributed by atoms with E-state index in [4.69, 9.17) is 17.2 Å². The Bertz CT molecular complexity index is 409. The fourth-order valence-corrected chi connectivity index (χ4v) is 2.34. The standard InChI is InChI=1S/C12H20N4O/c1-7-4-8(2-3-9(7)14)16-6-10(15)12(17)11(16)5-13/h2-4,10-12,17H,5-6,13-15H2,1H3. The van der Waals surface area contributed by atoms with Gasteiger partial charge in [-0.3, -0.25) is 0 Å². The van der Waals surface area contributed by atoms with E-state index in [0.29, 0.717) is 13.1 Å². The fraction of sp³-hybridized carbons (Fsp3) is 0.500. The Labute approximate surface area is 101 Å². The van der Waals surface area contributed by atoms with Gasteiger partial charge < -0.3 is 27.2 Å². The summed E-state index contributed by atoms with van der Waals surface area (Å²) < 4.78 is 0. The first-order valence-corrected chi connectivity index (χ1v) is 5.81. The van der Waals surface area contributed by atoms with Crippen molar-refractivity contribution in [1.29, 1.82) is 0 Å². The van der Waals surface area contributed by atoms with Gasteiger partial charge in [-0.25, -0.2) is 0 Å². The first-order chi connectivity index (χ1) is 8.04. The zero-order valence-corrected chi connectivity index (χ0v) is 10.0. The van der Waals surface area contributed by atoms with Gasteiger partial charge in [0.1, 0.15) is 0 Å². The maximum Gasteiger partial charge on any atom is 0.0923 e. The van der Waals surface area contributed by atoms with Crippen LogP contribution in [0.1, 0.15) is 5.56 Å². The number of aliphatic hydroxyl groups is 1. The van der Waals surface area contributed by atoms with Crippen LogP contribution in [0.25, 0.3) is 0 Å². The van der Waals surface area contributed by atoms with Crippen molar-refractivity contribution in [1.82, 2.24) is 0 Å². The molecule has 2 rings (SSSR count). The van der Waals surface area contributed by atoms with Crippen LogP contribution in [0.2, 0.25) is 0 Å². The predicted molar refractivity (Wildman–Crippen MR) is 69.8 cm³/mol. The highest BCUT2D eigenvalue weighted by Crippen LogP contribution is 2.27. The van der Waals surface area contributed by atoms with E-state index in [1.54, 1.807) is 0 Å². The van der Waals surface area contributed by atoms with Crippen LogP contribution in [0.3, 0.4) is 0 Å². The summed E-state index contributed by atoms with van der Waals surface area (Å²) in [6.45, 7) is 2.97. The Kier molecular flexibility index (Phi) is 3.24. The molecule has 1 aromatic carbocycles. The third-order valence-electron chi connectivity index (χ3n) is 3.47. The van der Waals surface area contributed by atoms with Crippen LogP contribution in [-0.2, 0) is 0 Å². The average Bonchev–Trinajstić information content (AvgIpc) is 2.59. The summed E-state index contributed by atoms with van der Waals surface area (Å²) in [6, 6.07) is 5.45. The minimum Gasteiger partial charge on any atom is -0.399 e. The summed E-state index contributed by atoms with van der Waals surface area (Å²) in [7, 11) is 0. The van der Waals surface area contributed by atoms with Gasteiger partial charge in [-0.1, -0.05) is 0 Å². The molecule has 1 saturated heterocycles. The Morgan fingerprint density at radius 3 is 2.76 bits per heavy atom. The van der Waals surface area contributed by atoms with Crippen molar-refractivity contribution in [3.8, 4) is 0 Å². The van der Waals surface area contributed by atoms with Crippen LogP contribution < -0.4 is 22.1 Å². The van der Waals surface area contributed by atoms with Crippen LogP contribution in [0.4, 0.5) is 11.4 Å². The maximum absolute atomic E-state index is 9.94. The SMILES string of the molecule is Cc1cc(N2CC(N)C(O)C2CN)ccc1N. The Morgan fingerprint density at radius 1 is 1.47 bits per heavy atom. The minimum atomic E-state index is -0.571. The number of benzene rings is 1. The van der Waals surface area contributed by atoms with E-state index >= 15 is 0 Å². The van der Waals surface area contributed by atoms with E-state index < -0.39 is 6.10 Å². The van der Waals surface area contributed by atoms with Gasteiger partial charge in [0.05, 0.1) is 18.2 Å². The van der Waals surface area contributed by atoms with Crippen LogP contribution in [0, 0.1) is 6.92 Å². The van der Waals surface area contributed by atoms with Gasteiger partial charge in [-0.05, 0) is 30.7 Å². The normalized spacial score (nSPS) is 28.7. The average molecular weight is 236 g/mol. The summed E-state index contributed by atoms with van der Waals surface area (Å²) in [6.07, 6.45) is -0.571. The number of rotatable bonds is 2. The molecule has 0 radical (unpaired) electrons. The molecule has 17 heavy (non-hydrogen) atoms. The van der Waals surface area contributed by atoms with Gasteiger partial charge in [0.2, 0.25) is 0 Å². The zero-order valence-electron chi connectivity index (χ0n) is 10.0. The molecule has 0 saturated carbocycles. The molecular weight excluding hydrogens is 216 g/mol. The molecule has 5 nitrogen and oxygen atoms in total. The molecule has 0 spiro atoms. The second-order valence-electron chi connectivity index (χ2n) is 4.65. The van der Waals surface area contributed by atoms with Crippen molar-refractivity contribution in [3.63, 3.8) is 0 Å². The number of anilines is 2. The molecule has 1 heterocycles. The summed E-state index contributed by atoms with van der Waals surface area (Å²) >= 11 is 0. The van der Waals surface area contributed by atoms with E-state index in [2.05, 4.69) is 4.90 Å². The third-order valence-corrected chi connectivity index (χ3v) is 3.47. The second-order valence-corrected chi connectivity index (χ2v) is 4.65. The van der Waals surface area contributed by atoms with E-state index in [0.717, 1.165) is 16.9 Å². The lowest BCUT2D eigenvalue weighted by Crippen LogP contribution is -2.43. The number of hydrogen-bond donors (Lipinski definition) is 4. The number of aryl methyl sites for hydroxylation is 1. The topological polar surface area (TPSA) is 102 Å². The van der Waals surface area contributed by atoms with E-state index in [9.17, 15) is 5.11 Å².